The molecule has 0 aliphatic heterocycles. The van der Waals surface area contributed by atoms with Gasteiger partial charge < -0.3 is 14.8 Å². The standard InChI is InChI=1S/C24H20F2N2O3S/c1-30-20-9-6-18(7-10-20)21-12-19(8-11-22(21)31-24(25)26)28-23(29)15-32-14-17-4-2-16(13-27)3-5-17/h2-12,24H,14-15H2,1H3,(H,28,29). The Balaban J connectivity index is 1.67. The maximum Gasteiger partial charge on any atom is 0.387 e. The number of methoxy groups -OCH3 is 1. The van der Waals surface area contributed by atoms with Crippen LogP contribution in [-0.2, 0) is 10.5 Å². The van der Waals surface area contributed by atoms with Crippen LogP contribution in [0.3, 0.4) is 0 Å². The number of halogens is 2. The molecular formula is C24H20F2N2O3S. The highest BCUT2D eigenvalue weighted by Gasteiger charge is 2.14. The number of nitrogens with zero attached hydrogens (tertiary/aromatic N) is 1. The minimum absolute atomic E-state index is 0.0124. The first-order valence-electron chi connectivity index (χ1n) is 9.58. The zero-order valence-corrected chi connectivity index (χ0v) is 18.0. The second-order valence-electron chi connectivity index (χ2n) is 6.67. The first kappa shape index (κ1) is 23.1. The van der Waals surface area contributed by atoms with Crippen LogP contribution in [0.25, 0.3) is 11.1 Å². The lowest BCUT2D eigenvalue weighted by molar-refractivity contribution is -0.113. The van der Waals surface area contributed by atoms with E-state index >= 15 is 0 Å². The van der Waals surface area contributed by atoms with Crippen LogP contribution in [0.4, 0.5) is 14.5 Å². The van der Waals surface area contributed by atoms with Gasteiger partial charge in [0.15, 0.2) is 0 Å². The van der Waals surface area contributed by atoms with Crippen LogP contribution in [0.15, 0.2) is 66.7 Å². The first-order valence-corrected chi connectivity index (χ1v) is 10.7. The molecule has 164 valence electrons. The Morgan fingerprint density at radius 1 is 1.09 bits per heavy atom. The van der Waals surface area contributed by atoms with Gasteiger partial charge in [0.2, 0.25) is 5.91 Å². The number of rotatable bonds is 9. The van der Waals surface area contributed by atoms with Crippen LogP contribution in [0, 0.1) is 11.3 Å². The lowest BCUT2D eigenvalue weighted by Crippen LogP contribution is -2.14. The van der Waals surface area contributed by atoms with Crippen molar-refractivity contribution in [1.29, 1.82) is 5.26 Å². The molecule has 5 nitrogen and oxygen atoms in total. The molecule has 8 heteroatoms. The summed E-state index contributed by atoms with van der Waals surface area (Å²) >= 11 is 1.43. The number of nitriles is 1. The largest absolute Gasteiger partial charge is 0.497 e. The van der Waals surface area contributed by atoms with Crippen molar-refractivity contribution in [3.8, 4) is 28.7 Å². The Morgan fingerprint density at radius 3 is 2.44 bits per heavy atom. The van der Waals surface area contributed by atoms with Crippen LogP contribution in [0.1, 0.15) is 11.1 Å². The highest BCUT2D eigenvalue weighted by atomic mass is 32.2. The summed E-state index contributed by atoms with van der Waals surface area (Å²) < 4.78 is 35.5. The SMILES string of the molecule is COc1ccc(-c2cc(NC(=O)CSCc3ccc(C#N)cc3)ccc2OC(F)F)cc1. The fourth-order valence-electron chi connectivity index (χ4n) is 2.94. The van der Waals surface area contributed by atoms with Crippen LogP contribution in [0.5, 0.6) is 11.5 Å². The maximum atomic E-state index is 12.8. The highest BCUT2D eigenvalue weighted by Crippen LogP contribution is 2.34. The van der Waals surface area contributed by atoms with E-state index in [4.69, 9.17) is 10.00 Å². The molecule has 3 aromatic carbocycles. The second-order valence-corrected chi connectivity index (χ2v) is 7.65. The van der Waals surface area contributed by atoms with Gasteiger partial charge in [-0.25, -0.2) is 0 Å². The van der Waals surface area contributed by atoms with E-state index in [0.717, 1.165) is 5.56 Å². The lowest BCUT2D eigenvalue weighted by atomic mass is 10.0. The molecule has 3 aromatic rings. The molecule has 1 amide bonds. The van der Waals surface area contributed by atoms with E-state index in [2.05, 4.69) is 16.1 Å². The molecule has 0 unspecified atom stereocenters. The topological polar surface area (TPSA) is 71.3 Å². The Bertz CT molecular complexity index is 1100. The van der Waals surface area contributed by atoms with E-state index in [-0.39, 0.29) is 17.4 Å². The summed E-state index contributed by atoms with van der Waals surface area (Å²) in [4.78, 5) is 12.4. The molecule has 0 atom stereocenters. The van der Waals surface area contributed by atoms with Gasteiger partial charge in [0.1, 0.15) is 11.5 Å². The van der Waals surface area contributed by atoms with Gasteiger partial charge in [-0.2, -0.15) is 14.0 Å². The van der Waals surface area contributed by atoms with Crippen molar-refractivity contribution in [2.45, 2.75) is 12.4 Å². The van der Waals surface area contributed by atoms with Gasteiger partial charge >= 0.3 is 6.61 Å². The summed E-state index contributed by atoms with van der Waals surface area (Å²) in [5, 5.41) is 11.6. The van der Waals surface area contributed by atoms with Crippen molar-refractivity contribution in [3.63, 3.8) is 0 Å². The van der Waals surface area contributed by atoms with E-state index < -0.39 is 6.61 Å². The first-order chi connectivity index (χ1) is 15.5. The summed E-state index contributed by atoms with van der Waals surface area (Å²) in [6, 6.07) is 20.7. The number of carbonyl (C=O) groups excluding carboxylic acids is 1. The van der Waals surface area contributed by atoms with Crippen LogP contribution in [-0.4, -0.2) is 25.4 Å². The Morgan fingerprint density at radius 2 is 1.81 bits per heavy atom. The number of alkyl halides is 2. The van der Waals surface area contributed by atoms with E-state index in [1.54, 1.807) is 42.5 Å². The van der Waals surface area contributed by atoms with Gasteiger partial charge in [-0.3, -0.25) is 4.79 Å². The number of thioether (sulfide) groups is 1. The average Bonchev–Trinajstić information content (AvgIpc) is 2.80. The molecule has 1 N–H and O–H groups in total. The summed E-state index contributed by atoms with van der Waals surface area (Å²) in [5.74, 6) is 1.27. The van der Waals surface area contributed by atoms with Crippen molar-refractivity contribution in [3.05, 3.63) is 77.9 Å². The molecule has 0 saturated heterocycles. The fraction of sp³-hybridized carbons (Fsp3) is 0.167. The summed E-state index contributed by atoms with van der Waals surface area (Å²) in [6.45, 7) is -2.97. The Hall–Kier alpha value is -3.57. The average molecular weight is 454 g/mol. The number of nitrogens with one attached hydrogen (secondary N) is 1. The molecule has 0 radical (unpaired) electrons. The third kappa shape index (κ3) is 6.46. The van der Waals surface area contributed by atoms with Crippen LogP contribution >= 0.6 is 11.8 Å². The zero-order chi connectivity index (χ0) is 22.9. The van der Waals surface area contributed by atoms with Gasteiger partial charge in [0.05, 0.1) is 24.5 Å². The predicted octanol–water partition coefficient (Wildman–Crippen LogP) is 5.71. The quantitative estimate of drug-likeness (QED) is 0.449. The molecule has 0 spiro atoms. The normalized spacial score (nSPS) is 10.5. The highest BCUT2D eigenvalue weighted by molar-refractivity contribution is 7.99. The van der Waals surface area contributed by atoms with Crippen LogP contribution < -0.4 is 14.8 Å². The van der Waals surface area contributed by atoms with Crippen molar-refractivity contribution in [2.24, 2.45) is 0 Å². The van der Waals surface area contributed by atoms with Crippen molar-refractivity contribution in [1.82, 2.24) is 0 Å². The molecular weight excluding hydrogens is 434 g/mol. The third-order valence-corrected chi connectivity index (χ3v) is 5.47. The molecule has 0 fully saturated rings. The number of amides is 1. The smallest absolute Gasteiger partial charge is 0.387 e. The van der Waals surface area contributed by atoms with Crippen LogP contribution in [0.2, 0.25) is 0 Å². The molecule has 0 aromatic heterocycles. The van der Waals surface area contributed by atoms with Crippen molar-refractivity contribution >= 4 is 23.4 Å². The molecule has 32 heavy (non-hydrogen) atoms. The predicted molar refractivity (Wildman–Crippen MR) is 121 cm³/mol. The summed E-state index contributed by atoms with van der Waals surface area (Å²) in [5.41, 5.74) is 3.14. The van der Waals surface area contributed by atoms with Crippen molar-refractivity contribution in [2.75, 3.05) is 18.2 Å². The number of ether oxygens (including phenoxy) is 2. The molecule has 0 heterocycles. The molecule has 0 saturated carbocycles. The number of hydrogen-bond acceptors (Lipinski definition) is 5. The monoisotopic (exact) mass is 454 g/mol. The molecule has 3 rings (SSSR count). The van der Waals surface area contributed by atoms with Gasteiger partial charge in [0, 0.05) is 17.0 Å². The lowest BCUT2D eigenvalue weighted by Gasteiger charge is -2.14. The summed E-state index contributed by atoms with van der Waals surface area (Å²) in [7, 11) is 1.54. The van der Waals surface area contributed by atoms with Gasteiger partial charge in [0.25, 0.3) is 0 Å². The van der Waals surface area contributed by atoms with E-state index in [1.807, 2.05) is 12.1 Å². The molecule has 0 aliphatic carbocycles. The minimum atomic E-state index is -2.97. The molecule has 0 aliphatic rings. The Labute approximate surface area is 189 Å². The molecule has 0 bridgehead atoms. The zero-order valence-electron chi connectivity index (χ0n) is 17.2. The number of anilines is 1. The van der Waals surface area contributed by atoms with Gasteiger partial charge in [-0.05, 0) is 53.6 Å². The van der Waals surface area contributed by atoms with Gasteiger partial charge in [-0.15, -0.1) is 11.8 Å². The summed E-state index contributed by atoms with van der Waals surface area (Å²) in [6.07, 6.45) is 0. The van der Waals surface area contributed by atoms with E-state index in [9.17, 15) is 13.6 Å². The third-order valence-electron chi connectivity index (χ3n) is 4.47. The number of benzene rings is 3. The fourth-order valence-corrected chi connectivity index (χ4v) is 3.72. The van der Waals surface area contributed by atoms with Gasteiger partial charge in [-0.1, -0.05) is 24.3 Å². The Kier molecular flexibility index (Phi) is 8.06. The van der Waals surface area contributed by atoms with E-state index in [0.29, 0.717) is 33.9 Å². The minimum Gasteiger partial charge on any atom is -0.497 e. The maximum absolute atomic E-state index is 12.8. The second kappa shape index (κ2) is 11.2. The van der Waals surface area contributed by atoms with Crippen molar-refractivity contribution < 1.29 is 23.0 Å². The number of hydrogen-bond donors (Lipinski definition) is 1. The number of carbonyl (C=O) groups is 1. The van der Waals surface area contributed by atoms with E-state index in [1.165, 1.54) is 31.0 Å².